The summed E-state index contributed by atoms with van der Waals surface area (Å²) in [4.78, 5) is 0.286. The Morgan fingerprint density at radius 1 is 0.958 bits per heavy atom. The standard InChI is InChI=1S/C18H23NO4S/c1-13-6-8-16(9-7-13)24(20,21)19(3)12-15-11-18(23-5)17(22-4)10-14(15)2/h6-11H,12H2,1-5H3. The van der Waals surface area contributed by atoms with Crippen molar-refractivity contribution < 1.29 is 17.9 Å². The zero-order valence-corrected chi connectivity index (χ0v) is 15.5. The number of benzene rings is 2. The molecule has 0 N–H and O–H groups in total. The Kier molecular flexibility index (Phi) is 5.51. The highest BCUT2D eigenvalue weighted by Gasteiger charge is 2.22. The Morgan fingerprint density at radius 3 is 2.04 bits per heavy atom. The molecule has 2 aromatic carbocycles. The summed E-state index contributed by atoms with van der Waals surface area (Å²) in [6.45, 7) is 4.10. The summed E-state index contributed by atoms with van der Waals surface area (Å²) in [5.41, 5.74) is 2.83. The topological polar surface area (TPSA) is 55.8 Å². The first-order valence-corrected chi connectivity index (χ1v) is 8.98. The Balaban J connectivity index is 2.32. The van der Waals surface area contributed by atoms with Gasteiger partial charge in [-0.3, -0.25) is 0 Å². The van der Waals surface area contributed by atoms with Crippen LogP contribution in [0.5, 0.6) is 11.5 Å². The Bertz CT molecular complexity index is 814. The van der Waals surface area contributed by atoms with Crippen LogP contribution >= 0.6 is 0 Å². The van der Waals surface area contributed by atoms with Crippen molar-refractivity contribution in [1.82, 2.24) is 4.31 Å². The van der Waals surface area contributed by atoms with Gasteiger partial charge in [-0.05, 0) is 49.2 Å². The maximum Gasteiger partial charge on any atom is 0.243 e. The number of methoxy groups -OCH3 is 2. The number of rotatable bonds is 6. The lowest BCUT2D eigenvalue weighted by molar-refractivity contribution is 0.353. The van der Waals surface area contributed by atoms with Gasteiger partial charge in [0.25, 0.3) is 0 Å². The maximum atomic E-state index is 12.7. The highest BCUT2D eigenvalue weighted by Crippen LogP contribution is 2.31. The van der Waals surface area contributed by atoms with Crippen molar-refractivity contribution in [1.29, 1.82) is 0 Å². The van der Waals surface area contributed by atoms with Crippen LogP contribution in [-0.4, -0.2) is 34.0 Å². The van der Waals surface area contributed by atoms with Gasteiger partial charge < -0.3 is 9.47 Å². The van der Waals surface area contributed by atoms with Gasteiger partial charge in [0.05, 0.1) is 19.1 Å². The number of hydrogen-bond donors (Lipinski definition) is 0. The molecular formula is C18H23NO4S. The molecule has 0 atom stereocenters. The van der Waals surface area contributed by atoms with E-state index < -0.39 is 10.0 Å². The Labute approximate surface area is 143 Å². The van der Waals surface area contributed by atoms with Gasteiger partial charge in [0.2, 0.25) is 10.0 Å². The molecule has 0 saturated carbocycles. The van der Waals surface area contributed by atoms with E-state index in [1.165, 1.54) is 4.31 Å². The van der Waals surface area contributed by atoms with Crippen LogP contribution in [0.1, 0.15) is 16.7 Å². The molecule has 0 spiro atoms. The molecule has 0 amide bonds. The lowest BCUT2D eigenvalue weighted by Gasteiger charge is -2.20. The quantitative estimate of drug-likeness (QED) is 0.804. The summed E-state index contributed by atoms with van der Waals surface area (Å²) in [5, 5.41) is 0. The largest absolute Gasteiger partial charge is 0.493 e. The van der Waals surface area contributed by atoms with Gasteiger partial charge in [-0.2, -0.15) is 4.31 Å². The first-order chi connectivity index (χ1) is 11.3. The van der Waals surface area contributed by atoms with Crippen LogP contribution in [0, 0.1) is 13.8 Å². The molecule has 0 saturated heterocycles. The fraction of sp³-hybridized carbons (Fsp3) is 0.333. The number of sulfonamides is 1. The van der Waals surface area contributed by atoms with Gasteiger partial charge in [-0.25, -0.2) is 8.42 Å². The molecule has 0 radical (unpaired) electrons. The summed E-state index contributed by atoms with van der Waals surface area (Å²) < 4.78 is 37.3. The molecule has 0 aliphatic rings. The molecule has 5 nitrogen and oxygen atoms in total. The van der Waals surface area contributed by atoms with E-state index in [9.17, 15) is 8.42 Å². The minimum absolute atomic E-state index is 0.252. The smallest absolute Gasteiger partial charge is 0.243 e. The fourth-order valence-corrected chi connectivity index (χ4v) is 3.56. The first-order valence-electron chi connectivity index (χ1n) is 7.54. The van der Waals surface area contributed by atoms with Gasteiger partial charge in [-0.1, -0.05) is 17.7 Å². The second-order valence-corrected chi connectivity index (χ2v) is 7.75. The summed E-state index contributed by atoms with van der Waals surface area (Å²) >= 11 is 0. The van der Waals surface area contributed by atoms with Crippen LogP contribution < -0.4 is 9.47 Å². The van der Waals surface area contributed by atoms with Crippen molar-refractivity contribution in [3.8, 4) is 11.5 Å². The molecule has 6 heteroatoms. The average molecular weight is 349 g/mol. The van der Waals surface area contributed by atoms with Gasteiger partial charge >= 0.3 is 0 Å². The van der Waals surface area contributed by atoms with Crippen LogP contribution in [0.2, 0.25) is 0 Å². The van der Waals surface area contributed by atoms with Gasteiger partial charge in [0.15, 0.2) is 11.5 Å². The summed E-state index contributed by atoms with van der Waals surface area (Å²) in [6.07, 6.45) is 0. The molecule has 0 heterocycles. The predicted octanol–water partition coefficient (Wildman–Crippen LogP) is 3.14. The molecule has 0 aliphatic carbocycles. The summed E-state index contributed by atoms with van der Waals surface area (Å²) in [7, 11) is 1.16. The number of nitrogens with zero attached hydrogens (tertiary/aromatic N) is 1. The van der Waals surface area contributed by atoms with Crippen molar-refractivity contribution in [2.45, 2.75) is 25.3 Å². The van der Waals surface area contributed by atoms with Crippen molar-refractivity contribution in [3.05, 3.63) is 53.1 Å². The Morgan fingerprint density at radius 2 is 1.50 bits per heavy atom. The highest BCUT2D eigenvalue weighted by molar-refractivity contribution is 7.89. The molecule has 0 aromatic heterocycles. The number of hydrogen-bond acceptors (Lipinski definition) is 4. The van der Waals surface area contributed by atoms with Crippen LogP contribution in [0.3, 0.4) is 0 Å². The minimum Gasteiger partial charge on any atom is -0.493 e. The van der Waals surface area contributed by atoms with E-state index >= 15 is 0 Å². The van der Waals surface area contributed by atoms with Crippen LogP contribution in [0.25, 0.3) is 0 Å². The molecular weight excluding hydrogens is 326 g/mol. The summed E-state index contributed by atoms with van der Waals surface area (Å²) in [6, 6.07) is 10.5. The van der Waals surface area contributed by atoms with E-state index in [2.05, 4.69) is 0 Å². The highest BCUT2D eigenvalue weighted by atomic mass is 32.2. The molecule has 0 fully saturated rings. The van der Waals surface area contributed by atoms with E-state index in [-0.39, 0.29) is 11.4 Å². The third-order valence-corrected chi connectivity index (χ3v) is 5.78. The third kappa shape index (κ3) is 3.71. The molecule has 0 bridgehead atoms. The molecule has 2 rings (SSSR count). The van der Waals surface area contributed by atoms with Crippen molar-refractivity contribution in [2.24, 2.45) is 0 Å². The van der Waals surface area contributed by atoms with E-state index in [1.54, 1.807) is 45.5 Å². The lowest BCUT2D eigenvalue weighted by atomic mass is 10.1. The minimum atomic E-state index is -3.54. The number of aryl methyl sites for hydroxylation is 2. The monoisotopic (exact) mass is 349 g/mol. The van der Waals surface area contributed by atoms with Crippen molar-refractivity contribution >= 4 is 10.0 Å². The zero-order chi connectivity index (χ0) is 17.9. The fourth-order valence-electron chi connectivity index (χ4n) is 2.41. The van der Waals surface area contributed by atoms with Gasteiger partial charge in [0, 0.05) is 13.6 Å². The number of ether oxygens (including phenoxy) is 2. The first kappa shape index (κ1) is 18.3. The van der Waals surface area contributed by atoms with Crippen molar-refractivity contribution in [3.63, 3.8) is 0 Å². The zero-order valence-electron chi connectivity index (χ0n) is 14.7. The van der Waals surface area contributed by atoms with Crippen LogP contribution in [0.4, 0.5) is 0 Å². The van der Waals surface area contributed by atoms with E-state index in [0.717, 1.165) is 16.7 Å². The van der Waals surface area contributed by atoms with E-state index in [0.29, 0.717) is 11.5 Å². The summed E-state index contributed by atoms with van der Waals surface area (Å²) in [5.74, 6) is 1.21. The molecule has 24 heavy (non-hydrogen) atoms. The van der Waals surface area contributed by atoms with Crippen LogP contribution in [0.15, 0.2) is 41.3 Å². The van der Waals surface area contributed by atoms with Gasteiger partial charge in [-0.15, -0.1) is 0 Å². The van der Waals surface area contributed by atoms with Crippen LogP contribution in [-0.2, 0) is 16.6 Å². The van der Waals surface area contributed by atoms with E-state index in [1.807, 2.05) is 26.0 Å². The second-order valence-electron chi connectivity index (χ2n) is 5.71. The predicted molar refractivity (Wildman–Crippen MR) is 94.1 cm³/mol. The SMILES string of the molecule is COc1cc(C)c(CN(C)S(=O)(=O)c2ccc(C)cc2)cc1OC. The Hall–Kier alpha value is -2.05. The molecule has 130 valence electrons. The maximum absolute atomic E-state index is 12.7. The molecule has 2 aromatic rings. The molecule has 0 unspecified atom stereocenters. The van der Waals surface area contributed by atoms with Crippen molar-refractivity contribution in [2.75, 3.05) is 21.3 Å². The lowest BCUT2D eigenvalue weighted by Crippen LogP contribution is -2.26. The molecule has 0 aliphatic heterocycles. The van der Waals surface area contributed by atoms with Gasteiger partial charge in [0.1, 0.15) is 0 Å². The normalized spacial score (nSPS) is 11.6. The van der Waals surface area contributed by atoms with E-state index in [4.69, 9.17) is 9.47 Å². The average Bonchev–Trinajstić information content (AvgIpc) is 2.56. The third-order valence-electron chi connectivity index (χ3n) is 3.96. The second kappa shape index (κ2) is 7.23.